The highest BCUT2D eigenvalue weighted by Crippen LogP contribution is 2.14. The Kier molecular flexibility index (Phi) is 51.5. The number of hydrogen-bond acceptors (Lipinski definition) is 6. The molecule has 0 heterocycles. The van der Waals surface area contributed by atoms with Crippen LogP contribution in [0.1, 0.15) is 239 Å². The number of carbonyl (C=O) groups is 3. The Labute approximate surface area is 412 Å². The fraction of sp³-hybridized carbons (Fsp3) is 0.656. The maximum Gasteiger partial charge on any atom is 0.306 e. The van der Waals surface area contributed by atoms with Crippen LogP contribution in [0, 0.1) is 0 Å². The highest BCUT2D eigenvalue weighted by atomic mass is 16.6. The van der Waals surface area contributed by atoms with Crippen molar-refractivity contribution in [2.75, 3.05) is 13.2 Å². The first-order valence-electron chi connectivity index (χ1n) is 27.4. The van der Waals surface area contributed by atoms with Gasteiger partial charge in [-0.15, -0.1) is 0 Å². The number of rotatable bonds is 48. The second-order valence-electron chi connectivity index (χ2n) is 17.7. The van der Waals surface area contributed by atoms with Crippen LogP contribution in [0.2, 0.25) is 0 Å². The average Bonchev–Trinajstić information content (AvgIpc) is 3.33. The van der Waals surface area contributed by atoms with Gasteiger partial charge in [-0.25, -0.2) is 0 Å². The Morgan fingerprint density at radius 2 is 0.612 bits per heavy atom. The van der Waals surface area contributed by atoms with Gasteiger partial charge in [0.25, 0.3) is 0 Å². The van der Waals surface area contributed by atoms with E-state index < -0.39 is 12.1 Å². The van der Waals surface area contributed by atoms with E-state index in [1.807, 2.05) is 12.2 Å². The zero-order valence-corrected chi connectivity index (χ0v) is 43.4. The first-order chi connectivity index (χ1) is 33.0. The van der Waals surface area contributed by atoms with Gasteiger partial charge in [-0.2, -0.15) is 0 Å². The fourth-order valence-corrected chi connectivity index (χ4v) is 7.21. The molecule has 0 radical (unpaired) electrons. The maximum absolute atomic E-state index is 12.8. The van der Waals surface area contributed by atoms with E-state index in [2.05, 4.69) is 118 Å². The summed E-state index contributed by atoms with van der Waals surface area (Å²) in [6.07, 6.45) is 73.7. The summed E-state index contributed by atoms with van der Waals surface area (Å²) in [6, 6.07) is 0. The topological polar surface area (TPSA) is 78.9 Å². The minimum absolute atomic E-state index is 0.116. The van der Waals surface area contributed by atoms with Crippen molar-refractivity contribution >= 4 is 17.9 Å². The van der Waals surface area contributed by atoms with Crippen LogP contribution in [0.25, 0.3) is 0 Å². The summed E-state index contributed by atoms with van der Waals surface area (Å²) in [5.41, 5.74) is 0. The van der Waals surface area contributed by atoms with E-state index >= 15 is 0 Å². The highest BCUT2D eigenvalue weighted by Gasteiger charge is 2.19. The van der Waals surface area contributed by atoms with E-state index in [1.54, 1.807) is 0 Å². The average molecular weight is 929 g/mol. The maximum atomic E-state index is 12.8. The van der Waals surface area contributed by atoms with Crippen molar-refractivity contribution in [2.24, 2.45) is 0 Å². The number of ether oxygens (including phenoxy) is 3. The second-order valence-corrected chi connectivity index (χ2v) is 17.7. The zero-order valence-electron chi connectivity index (χ0n) is 43.4. The summed E-state index contributed by atoms with van der Waals surface area (Å²) in [5.74, 6) is -1.02. The molecule has 0 N–H and O–H groups in total. The molecular weight excluding hydrogens is 829 g/mol. The molecule has 0 rings (SSSR count). The summed E-state index contributed by atoms with van der Waals surface area (Å²) < 4.78 is 16.8. The van der Waals surface area contributed by atoms with Gasteiger partial charge in [0, 0.05) is 19.3 Å². The molecule has 0 saturated carbocycles. The van der Waals surface area contributed by atoms with E-state index in [1.165, 1.54) is 89.9 Å². The summed E-state index contributed by atoms with van der Waals surface area (Å²) in [5, 5.41) is 0. The van der Waals surface area contributed by atoms with Crippen LogP contribution in [-0.4, -0.2) is 37.2 Å². The van der Waals surface area contributed by atoms with Crippen molar-refractivity contribution < 1.29 is 28.6 Å². The van der Waals surface area contributed by atoms with Gasteiger partial charge in [-0.05, 0) is 109 Å². The van der Waals surface area contributed by atoms with Gasteiger partial charge in [0.1, 0.15) is 13.2 Å². The van der Waals surface area contributed by atoms with Crippen LogP contribution in [0.4, 0.5) is 0 Å². The molecule has 6 nitrogen and oxygen atoms in total. The first-order valence-corrected chi connectivity index (χ1v) is 27.4. The van der Waals surface area contributed by atoms with Crippen molar-refractivity contribution in [3.05, 3.63) is 109 Å². The highest BCUT2D eigenvalue weighted by molar-refractivity contribution is 5.71. The molecule has 0 aromatic carbocycles. The van der Waals surface area contributed by atoms with Crippen molar-refractivity contribution in [1.82, 2.24) is 0 Å². The van der Waals surface area contributed by atoms with E-state index in [0.29, 0.717) is 19.3 Å². The molecule has 0 amide bonds. The van der Waals surface area contributed by atoms with E-state index in [0.717, 1.165) is 103 Å². The lowest BCUT2D eigenvalue weighted by Gasteiger charge is -2.18. The Balaban J connectivity index is 4.52. The molecule has 6 heteroatoms. The predicted octanol–water partition coefficient (Wildman–Crippen LogP) is 18.3. The molecule has 1 atom stereocenters. The van der Waals surface area contributed by atoms with Gasteiger partial charge in [-0.3, -0.25) is 14.4 Å². The van der Waals surface area contributed by atoms with Gasteiger partial charge in [-0.1, -0.05) is 220 Å². The quantitative estimate of drug-likeness (QED) is 0.0262. The fourth-order valence-electron chi connectivity index (χ4n) is 7.21. The van der Waals surface area contributed by atoms with Gasteiger partial charge < -0.3 is 14.2 Å². The summed E-state index contributed by atoms with van der Waals surface area (Å²) in [7, 11) is 0. The molecule has 380 valence electrons. The minimum atomic E-state index is -0.827. The standard InChI is InChI=1S/C61H100O6/c1-4-7-10-13-16-19-22-25-28-31-34-36-39-42-45-48-51-54-60(63)66-57-58(67-61(64)55-52-49-46-43-40-37-33-30-27-24-21-18-15-12-9-6-3)56-65-59(62)53-50-47-44-41-38-35-32-29-26-23-20-17-14-11-8-5-2/h8-9,11-12,17-18,20-21,25-30,37,40,46,49,58H,4-7,10,13-16,19,22-24,31-36,38-39,41-45,47-48,50-57H2,1-3H3/b11-8-,12-9-,20-17-,21-18-,28-25-,29-26-,30-27-,40-37-,49-46-. The Bertz CT molecular complexity index is 1390. The summed E-state index contributed by atoms with van der Waals surface area (Å²) >= 11 is 0. The van der Waals surface area contributed by atoms with Crippen molar-refractivity contribution in [1.29, 1.82) is 0 Å². The molecule has 0 fully saturated rings. The second kappa shape index (κ2) is 54.7. The summed E-state index contributed by atoms with van der Waals surface area (Å²) in [6.45, 7) is 6.33. The third-order valence-corrected chi connectivity index (χ3v) is 11.3. The monoisotopic (exact) mass is 929 g/mol. The van der Waals surface area contributed by atoms with Gasteiger partial charge in [0.15, 0.2) is 6.10 Å². The molecule has 67 heavy (non-hydrogen) atoms. The lowest BCUT2D eigenvalue weighted by Crippen LogP contribution is -2.30. The molecular formula is C61H100O6. The third kappa shape index (κ3) is 52.9. The third-order valence-electron chi connectivity index (χ3n) is 11.3. The molecule has 0 aromatic heterocycles. The van der Waals surface area contributed by atoms with Gasteiger partial charge in [0.2, 0.25) is 0 Å². The Morgan fingerprint density at radius 1 is 0.313 bits per heavy atom. The van der Waals surface area contributed by atoms with E-state index in [-0.39, 0.29) is 31.6 Å². The number of esters is 3. The SMILES string of the molecule is CC/C=C\C/C=C\C/C=C\C/C=C\C/C=C\CCC(=O)OC(COC(=O)CCCCCCCC/C=C\C/C=C\C/C=C\CC)COC(=O)CCCCCCCCC/C=C\CCCCCCCC. The van der Waals surface area contributed by atoms with E-state index in [9.17, 15) is 14.4 Å². The van der Waals surface area contributed by atoms with Gasteiger partial charge >= 0.3 is 17.9 Å². The largest absolute Gasteiger partial charge is 0.462 e. The van der Waals surface area contributed by atoms with Crippen LogP contribution in [0.5, 0.6) is 0 Å². The molecule has 0 saturated heterocycles. The number of unbranched alkanes of at least 4 members (excludes halogenated alkanes) is 19. The van der Waals surface area contributed by atoms with Gasteiger partial charge in [0.05, 0.1) is 0 Å². The summed E-state index contributed by atoms with van der Waals surface area (Å²) in [4.78, 5) is 38.1. The number of carbonyl (C=O) groups excluding carboxylic acids is 3. The van der Waals surface area contributed by atoms with Crippen LogP contribution < -0.4 is 0 Å². The smallest absolute Gasteiger partial charge is 0.306 e. The molecule has 0 aliphatic heterocycles. The van der Waals surface area contributed by atoms with Crippen LogP contribution in [0.15, 0.2) is 109 Å². The predicted molar refractivity (Wildman–Crippen MR) is 288 cm³/mol. The van der Waals surface area contributed by atoms with E-state index in [4.69, 9.17) is 14.2 Å². The van der Waals surface area contributed by atoms with Crippen LogP contribution >= 0.6 is 0 Å². The lowest BCUT2D eigenvalue weighted by molar-refractivity contribution is -0.166. The Hall–Kier alpha value is -3.93. The minimum Gasteiger partial charge on any atom is -0.462 e. The molecule has 0 bridgehead atoms. The zero-order chi connectivity index (χ0) is 48.6. The number of allylic oxidation sites excluding steroid dienone is 18. The van der Waals surface area contributed by atoms with Crippen molar-refractivity contribution in [3.63, 3.8) is 0 Å². The first kappa shape index (κ1) is 63.1. The molecule has 0 aliphatic carbocycles. The normalized spacial score (nSPS) is 12.9. The lowest BCUT2D eigenvalue weighted by atomic mass is 10.1. The van der Waals surface area contributed by atoms with Crippen LogP contribution in [-0.2, 0) is 28.6 Å². The Morgan fingerprint density at radius 3 is 0.985 bits per heavy atom. The number of hydrogen-bond donors (Lipinski definition) is 0. The van der Waals surface area contributed by atoms with Crippen molar-refractivity contribution in [3.8, 4) is 0 Å². The molecule has 0 spiro atoms. The van der Waals surface area contributed by atoms with Crippen LogP contribution in [0.3, 0.4) is 0 Å². The molecule has 0 aromatic rings. The molecule has 1 unspecified atom stereocenters. The molecule has 0 aliphatic rings. The van der Waals surface area contributed by atoms with Crippen molar-refractivity contribution in [2.45, 2.75) is 245 Å².